The van der Waals surface area contributed by atoms with Gasteiger partial charge in [-0.2, -0.15) is 11.3 Å². The van der Waals surface area contributed by atoms with Crippen LogP contribution in [0.5, 0.6) is 0 Å². The van der Waals surface area contributed by atoms with Gasteiger partial charge in [-0.15, -0.1) is 0 Å². The van der Waals surface area contributed by atoms with Crippen LogP contribution in [0.1, 0.15) is 32.8 Å². The summed E-state index contributed by atoms with van der Waals surface area (Å²) >= 11 is 1.44. The van der Waals surface area contributed by atoms with E-state index in [9.17, 15) is 14.4 Å². The molecule has 2 aromatic heterocycles. The molecule has 148 valence electrons. The average molecular weight is 408 g/mol. The first-order valence-corrected chi connectivity index (χ1v) is 9.94. The van der Waals surface area contributed by atoms with Crippen molar-refractivity contribution in [1.29, 1.82) is 0 Å². The molecule has 2 heterocycles. The number of carbonyl (C=O) groups is 3. The molecule has 0 aliphatic rings. The van der Waals surface area contributed by atoms with Crippen LogP contribution in [0.2, 0.25) is 0 Å². The molecule has 3 rings (SSSR count). The molecule has 0 radical (unpaired) electrons. The minimum atomic E-state index is -0.255. The Balaban J connectivity index is 1.46. The first kappa shape index (κ1) is 20.2. The number of rotatable bonds is 8. The predicted octanol–water partition coefficient (Wildman–Crippen LogP) is 2.83. The molecule has 0 spiro atoms. The summed E-state index contributed by atoms with van der Waals surface area (Å²) in [6.07, 6.45) is 1.80. The number of benzene rings is 1. The summed E-state index contributed by atoms with van der Waals surface area (Å²) in [4.78, 5) is 40.4. The van der Waals surface area contributed by atoms with E-state index < -0.39 is 0 Å². The zero-order valence-corrected chi connectivity index (χ0v) is 16.4. The standard InChI is InChI=1S/C21H20N4O3S/c26-19(7-10-23-21(28)16-8-11-29-14-16)25-17-6-3-4-15(12-17)20(27)24-13-18-5-1-2-9-22-18/h1-6,8-9,11-12,14H,7,10,13H2,(H,23,28)(H,24,27)(H,25,26). The van der Waals surface area contributed by atoms with E-state index in [1.165, 1.54) is 11.3 Å². The van der Waals surface area contributed by atoms with Crippen molar-refractivity contribution >= 4 is 34.7 Å². The molecule has 0 saturated heterocycles. The van der Waals surface area contributed by atoms with Gasteiger partial charge in [0.2, 0.25) is 5.91 Å². The number of amides is 3. The molecule has 1 aromatic carbocycles. The normalized spacial score (nSPS) is 10.2. The fourth-order valence-corrected chi connectivity index (χ4v) is 3.16. The lowest BCUT2D eigenvalue weighted by Crippen LogP contribution is -2.27. The van der Waals surface area contributed by atoms with E-state index >= 15 is 0 Å². The van der Waals surface area contributed by atoms with Crippen molar-refractivity contribution < 1.29 is 14.4 Å². The summed E-state index contributed by atoms with van der Waals surface area (Å²) in [5.41, 5.74) is 2.30. The number of anilines is 1. The van der Waals surface area contributed by atoms with Crippen molar-refractivity contribution in [2.75, 3.05) is 11.9 Å². The second-order valence-corrected chi connectivity index (χ2v) is 6.93. The highest BCUT2D eigenvalue weighted by molar-refractivity contribution is 7.08. The van der Waals surface area contributed by atoms with Crippen LogP contribution in [0, 0.1) is 0 Å². The van der Waals surface area contributed by atoms with Crippen LogP contribution in [0.15, 0.2) is 65.5 Å². The van der Waals surface area contributed by atoms with Crippen molar-refractivity contribution in [3.63, 3.8) is 0 Å². The van der Waals surface area contributed by atoms with Crippen molar-refractivity contribution in [2.45, 2.75) is 13.0 Å². The van der Waals surface area contributed by atoms with Crippen molar-refractivity contribution in [1.82, 2.24) is 15.6 Å². The van der Waals surface area contributed by atoms with Gasteiger partial charge in [-0.3, -0.25) is 19.4 Å². The molecule has 0 saturated carbocycles. The van der Waals surface area contributed by atoms with E-state index in [-0.39, 0.29) is 30.7 Å². The Morgan fingerprint density at radius 2 is 1.79 bits per heavy atom. The Hall–Kier alpha value is -3.52. The fourth-order valence-electron chi connectivity index (χ4n) is 2.52. The van der Waals surface area contributed by atoms with E-state index in [4.69, 9.17) is 0 Å². The number of carbonyl (C=O) groups excluding carboxylic acids is 3. The van der Waals surface area contributed by atoms with Gasteiger partial charge in [0, 0.05) is 41.4 Å². The minimum Gasteiger partial charge on any atom is -0.351 e. The number of hydrogen-bond donors (Lipinski definition) is 3. The third-order valence-electron chi connectivity index (χ3n) is 3.99. The van der Waals surface area contributed by atoms with E-state index in [1.54, 1.807) is 41.9 Å². The van der Waals surface area contributed by atoms with Gasteiger partial charge < -0.3 is 16.0 Å². The second-order valence-electron chi connectivity index (χ2n) is 6.15. The number of aromatic nitrogens is 1. The van der Waals surface area contributed by atoms with Crippen LogP contribution in [0.25, 0.3) is 0 Å². The van der Waals surface area contributed by atoms with Gasteiger partial charge >= 0.3 is 0 Å². The Bertz CT molecular complexity index is 975. The molecule has 0 bridgehead atoms. The third-order valence-corrected chi connectivity index (χ3v) is 4.67. The maximum absolute atomic E-state index is 12.3. The SMILES string of the molecule is O=C(CCNC(=O)c1ccsc1)Nc1cccc(C(=O)NCc2ccccn2)c1. The van der Waals surface area contributed by atoms with Crippen LogP contribution in [0.4, 0.5) is 5.69 Å². The number of nitrogens with zero attached hydrogens (tertiary/aromatic N) is 1. The zero-order valence-electron chi connectivity index (χ0n) is 15.6. The van der Waals surface area contributed by atoms with Gasteiger partial charge in [0.25, 0.3) is 11.8 Å². The topological polar surface area (TPSA) is 100 Å². The Kier molecular flexibility index (Phi) is 7.07. The zero-order chi connectivity index (χ0) is 20.5. The average Bonchev–Trinajstić information content (AvgIpc) is 3.28. The number of pyridine rings is 1. The smallest absolute Gasteiger partial charge is 0.252 e. The Labute approximate surface area is 172 Å². The van der Waals surface area contributed by atoms with Crippen LogP contribution in [-0.4, -0.2) is 29.3 Å². The van der Waals surface area contributed by atoms with Crippen LogP contribution < -0.4 is 16.0 Å². The van der Waals surface area contributed by atoms with E-state index in [0.29, 0.717) is 23.4 Å². The molecule has 0 fully saturated rings. The lowest BCUT2D eigenvalue weighted by Gasteiger charge is -2.09. The molecule has 7 nitrogen and oxygen atoms in total. The second kappa shape index (κ2) is 10.1. The molecule has 3 N–H and O–H groups in total. The summed E-state index contributed by atoms with van der Waals surface area (Å²) < 4.78 is 0. The molecular formula is C21H20N4O3S. The molecule has 0 aliphatic heterocycles. The number of hydrogen-bond acceptors (Lipinski definition) is 5. The fraction of sp³-hybridized carbons (Fsp3) is 0.143. The Morgan fingerprint density at radius 1 is 0.931 bits per heavy atom. The molecular weight excluding hydrogens is 388 g/mol. The minimum absolute atomic E-state index is 0.131. The molecule has 8 heteroatoms. The monoisotopic (exact) mass is 408 g/mol. The summed E-state index contributed by atoms with van der Waals surface area (Å²) in [5, 5.41) is 11.8. The van der Waals surface area contributed by atoms with Gasteiger partial charge in [-0.1, -0.05) is 12.1 Å². The molecule has 0 unspecified atom stereocenters. The highest BCUT2D eigenvalue weighted by Crippen LogP contribution is 2.11. The summed E-state index contributed by atoms with van der Waals surface area (Å²) in [5.74, 6) is -0.706. The van der Waals surface area contributed by atoms with Crippen LogP contribution in [0.3, 0.4) is 0 Å². The highest BCUT2D eigenvalue weighted by atomic mass is 32.1. The highest BCUT2D eigenvalue weighted by Gasteiger charge is 2.09. The molecule has 3 aromatic rings. The predicted molar refractivity (Wildman–Crippen MR) is 112 cm³/mol. The molecule has 0 atom stereocenters. The van der Waals surface area contributed by atoms with Gasteiger partial charge in [0.1, 0.15) is 0 Å². The van der Waals surface area contributed by atoms with Crippen molar-refractivity contribution in [3.05, 3.63) is 82.3 Å². The lowest BCUT2D eigenvalue weighted by molar-refractivity contribution is -0.116. The van der Waals surface area contributed by atoms with Gasteiger partial charge in [-0.25, -0.2) is 0 Å². The maximum Gasteiger partial charge on any atom is 0.252 e. The quantitative estimate of drug-likeness (QED) is 0.534. The first-order valence-electron chi connectivity index (χ1n) is 9.00. The van der Waals surface area contributed by atoms with E-state index in [1.807, 2.05) is 23.6 Å². The van der Waals surface area contributed by atoms with Crippen LogP contribution >= 0.6 is 11.3 Å². The van der Waals surface area contributed by atoms with Crippen molar-refractivity contribution in [3.8, 4) is 0 Å². The largest absolute Gasteiger partial charge is 0.351 e. The summed E-state index contributed by atoms with van der Waals surface area (Å²) in [6, 6.07) is 13.9. The number of nitrogens with one attached hydrogen (secondary N) is 3. The first-order chi connectivity index (χ1) is 14.1. The van der Waals surface area contributed by atoms with Gasteiger partial charge in [-0.05, 0) is 41.8 Å². The van der Waals surface area contributed by atoms with E-state index in [0.717, 1.165) is 5.69 Å². The Morgan fingerprint density at radius 3 is 2.55 bits per heavy atom. The molecule has 0 aliphatic carbocycles. The van der Waals surface area contributed by atoms with E-state index in [2.05, 4.69) is 20.9 Å². The van der Waals surface area contributed by atoms with Gasteiger partial charge in [0.15, 0.2) is 0 Å². The summed E-state index contributed by atoms with van der Waals surface area (Å²) in [6.45, 7) is 0.546. The summed E-state index contributed by atoms with van der Waals surface area (Å²) in [7, 11) is 0. The van der Waals surface area contributed by atoms with Crippen molar-refractivity contribution in [2.24, 2.45) is 0 Å². The lowest BCUT2D eigenvalue weighted by atomic mass is 10.2. The molecule has 3 amide bonds. The maximum atomic E-state index is 12.3. The molecule has 29 heavy (non-hydrogen) atoms. The van der Waals surface area contributed by atoms with Gasteiger partial charge in [0.05, 0.1) is 12.2 Å². The number of thiophene rings is 1. The third kappa shape index (κ3) is 6.25. The van der Waals surface area contributed by atoms with Crippen LogP contribution in [-0.2, 0) is 11.3 Å².